The van der Waals surface area contributed by atoms with Crippen molar-refractivity contribution in [1.82, 2.24) is 9.88 Å². The molecule has 1 amide bonds. The number of morpholine rings is 1. The molecule has 0 bridgehead atoms. The molecule has 0 unspecified atom stereocenters. The van der Waals surface area contributed by atoms with Crippen molar-refractivity contribution in [2.24, 2.45) is 0 Å². The number of carbonyl (C=O) groups excluding carboxylic acids is 1. The van der Waals surface area contributed by atoms with Gasteiger partial charge in [0.15, 0.2) is 5.13 Å². The van der Waals surface area contributed by atoms with E-state index >= 15 is 0 Å². The molecule has 1 aromatic heterocycles. The topological polar surface area (TPSA) is 54.9 Å². The van der Waals surface area contributed by atoms with Crippen LogP contribution in [0.1, 0.15) is 17.5 Å². The number of hydrogen-bond donors (Lipinski definition) is 0. The fraction of sp³-hybridized carbons (Fsp3) is 0.417. The number of aromatic nitrogens is 1. The van der Waals surface area contributed by atoms with E-state index in [1.54, 1.807) is 24.1 Å². The number of amides is 1. The molecule has 0 aliphatic carbocycles. The summed E-state index contributed by atoms with van der Waals surface area (Å²) in [6, 6.07) is 10.0. The van der Waals surface area contributed by atoms with Crippen LogP contribution < -0.4 is 9.64 Å². The summed E-state index contributed by atoms with van der Waals surface area (Å²) in [6.45, 7) is 6.85. The zero-order valence-electron chi connectivity index (χ0n) is 18.9. The quantitative estimate of drug-likeness (QED) is 0.463. The second kappa shape index (κ2) is 11.7. The minimum absolute atomic E-state index is 0. The van der Waals surface area contributed by atoms with Crippen LogP contribution in [0.25, 0.3) is 10.2 Å². The number of thiazole rings is 1. The highest BCUT2D eigenvalue weighted by Gasteiger charge is 2.22. The minimum atomic E-state index is -0.308. The predicted molar refractivity (Wildman–Crippen MR) is 132 cm³/mol. The fourth-order valence-electron chi connectivity index (χ4n) is 3.86. The summed E-state index contributed by atoms with van der Waals surface area (Å²) in [6.07, 6.45) is 1.03. The van der Waals surface area contributed by atoms with Crippen molar-refractivity contribution in [2.45, 2.75) is 19.8 Å². The second-order valence-corrected chi connectivity index (χ2v) is 8.89. The van der Waals surface area contributed by atoms with Gasteiger partial charge in [0.2, 0.25) is 5.91 Å². The molecular weight excluding hydrogens is 465 g/mol. The molecule has 0 saturated carbocycles. The molecule has 6 nitrogen and oxygen atoms in total. The normalized spacial score (nSPS) is 14.2. The van der Waals surface area contributed by atoms with Gasteiger partial charge in [-0.05, 0) is 42.7 Å². The van der Waals surface area contributed by atoms with E-state index in [0.29, 0.717) is 17.4 Å². The van der Waals surface area contributed by atoms with Crippen molar-refractivity contribution >= 4 is 45.0 Å². The predicted octanol–water partition coefficient (Wildman–Crippen LogP) is 4.47. The monoisotopic (exact) mass is 493 g/mol. The third kappa shape index (κ3) is 6.20. The Morgan fingerprint density at radius 1 is 1.21 bits per heavy atom. The van der Waals surface area contributed by atoms with Gasteiger partial charge in [-0.3, -0.25) is 14.6 Å². The van der Waals surface area contributed by atoms with E-state index in [-0.39, 0.29) is 30.6 Å². The van der Waals surface area contributed by atoms with Crippen LogP contribution in [0.3, 0.4) is 0 Å². The zero-order chi connectivity index (χ0) is 22.5. The van der Waals surface area contributed by atoms with Gasteiger partial charge in [0.25, 0.3) is 0 Å². The number of fused-ring (bicyclic) bond motifs is 1. The first-order valence-electron chi connectivity index (χ1n) is 10.8. The minimum Gasteiger partial charge on any atom is -0.494 e. The average Bonchev–Trinajstić information content (AvgIpc) is 3.25. The Hall–Kier alpha value is -2.26. The highest BCUT2D eigenvalue weighted by atomic mass is 35.5. The number of aryl methyl sites for hydroxylation is 1. The molecule has 0 radical (unpaired) electrons. The maximum absolute atomic E-state index is 13.3. The Morgan fingerprint density at radius 3 is 2.64 bits per heavy atom. The van der Waals surface area contributed by atoms with Crippen LogP contribution in [0.2, 0.25) is 0 Å². The Bertz CT molecular complexity index is 1070. The van der Waals surface area contributed by atoms with Gasteiger partial charge in [-0.1, -0.05) is 29.5 Å². The Morgan fingerprint density at radius 2 is 1.94 bits per heavy atom. The van der Waals surface area contributed by atoms with Crippen molar-refractivity contribution in [2.75, 3.05) is 51.4 Å². The van der Waals surface area contributed by atoms with Crippen molar-refractivity contribution in [3.8, 4) is 5.75 Å². The Balaban J connectivity index is 0.00000306. The number of anilines is 1. The third-order valence-electron chi connectivity index (χ3n) is 5.67. The average molecular weight is 494 g/mol. The lowest BCUT2D eigenvalue weighted by molar-refractivity contribution is -0.118. The number of ether oxygens (including phenoxy) is 2. The molecule has 3 aromatic rings. The molecule has 2 heterocycles. The van der Waals surface area contributed by atoms with Gasteiger partial charge < -0.3 is 9.47 Å². The van der Waals surface area contributed by atoms with Crippen LogP contribution in [0.4, 0.5) is 9.52 Å². The summed E-state index contributed by atoms with van der Waals surface area (Å²) in [5.74, 6) is 0.346. The van der Waals surface area contributed by atoms with E-state index in [4.69, 9.17) is 14.5 Å². The Labute approximate surface area is 203 Å². The number of benzene rings is 2. The summed E-state index contributed by atoms with van der Waals surface area (Å²) in [5, 5.41) is 0.668. The molecule has 4 rings (SSSR count). The van der Waals surface area contributed by atoms with Gasteiger partial charge in [-0.2, -0.15) is 0 Å². The molecule has 178 valence electrons. The maximum atomic E-state index is 13.3. The van der Waals surface area contributed by atoms with Gasteiger partial charge in [0, 0.05) is 26.2 Å². The molecule has 0 spiro atoms. The van der Waals surface area contributed by atoms with E-state index < -0.39 is 0 Å². The molecule has 9 heteroatoms. The Kier molecular flexibility index (Phi) is 9.02. The summed E-state index contributed by atoms with van der Waals surface area (Å²) >= 11 is 1.51. The first-order chi connectivity index (χ1) is 15.5. The van der Waals surface area contributed by atoms with Crippen molar-refractivity contribution in [3.63, 3.8) is 0 Å². The first kappa shape index (κ1) is 25.4. The number of carbonyl (C=O) groups is 1. The lowest BCUT2D eigenvalue weighted by atomic mass is 10.1. The summed E-state index contributed by atoms with van der Waals surface area (Å²) < 4.78 is 25.2. The molecule has 2 aromatic carbocycles. The molecule has 1 fully saturated rings. The van der Waals surface area contributed by atoms with E-state index in [2.05, 4.69) is 4.90 Å². The highest BCUT2D eigenvalue weighted by Crippen LogP contribution is 2.36. The lowest BCUT2D eigenvalue weighted by Gasteiger charge is -2.27. The van der Waals surface area contributed by atoms with Crippen molar-refractivity contribution in [1.29, 1.82) is 0 Å². The number of rotatable bonds is 8. The first-order valence-corrected chi connectivity index (χ1v) is 11.7. The van der Waals surface area contributed by atoms with Crippen LogP contribution in [0.5, 0.6) is 5.75 Å². The molecule has 33 heavy (non-hydrogen) atoms. The van der Waals surface area contributed by atoms with Crippen LogP contribution in [-0.2, 0) is 16.0 Å². The highest BCUT2D eigenvalue weighted by molar-refractivity contribution is 7.22. The number of halogens is 2. The van der Waals surface area contributed by atoms with Crippen LogP contribution in [-0.4, -0.2) is 62.3 Å². The van der Waals surface area contributed by atoms with Crippen molar-refractivity contribution in [3.05, 3.63) is 53.3 Å². The summed E-state index contributed by atoms with van der Waals surface area (Å²) in [7, 11) is 1.63. The third-order valence-corrected chi connectivity index (χ3v) is 6.89. The maximum Gasteiger partial charge on any atom is 0.233 e. The van der Waals surface area contributed by atoms with Gasteiger partial charge in [-0.15, -0.1) is 12.4 Å². The van der Waals surface area contributed by atoms with E-state index in [1.807, 2.05) is 19.1 Å². The van der Waals surface area contributed by atoms with Gasteiger partial charge >= 0.3 is 0 Å². The van der Waals surface area contributed by atoms with Crippen LogP contribution >= 0.6 is 23.7 Å². The lowest BCUT2D eigenvalue weighted by Crippen LogP contribution is -2.39. The largest absolute Gasteiger partial charge is 0.494 e. The number of methoxy groups -OCH3 is 1. The summed E-state index contributed by atoms with van der Waals surface area (Å²) in [5.41, 5.74) is 2.66. The molecule has 0 atom stereocenters. The molecular formula is C24H29ClFN3O3S. The molecule has 1 saturated heterocycles. The zero-order valence-corrected chi connectivity index (χ0v) is 20.5. The standard InChI is InChI=1S/C24H28FN3O3S.ClH/c1-17-4-9-20(30-2)22-23(17)32-24(26-22)28(11-3-10-27-12-14-31-15-13-27)21(29)16-18-5-7-19(25)8-6-18;/h4-9H,3,10-16H2,1-2H3;1H. The summed E-state index contributed by atoms with van der Waals surface area (Å²) in [4.78, 5) is 22.3. The van der Waals surface area contributed by atoms with E-state index in [1.165, 1.54) is 23.5 Å². The molecule has 1 aliphatic rings. The smallest absolute Gasteiger partial charge is 0.233 e. The fourth-order valence-corrected chi connectivity index (χ4v) is 4.95. The van der Waals surface area contributed by atoms with Gasteiger partial charge in [0.05, 0.1) is 31.4 Å². The van der Waals surface area contributed by atoms with E-state index in [0.717, 1.165) is 60.6 Å². The van der Waals surface area contributed by atoms with Gasteiger partial charge in [-0.25, -0.2) is 9.37 Å². The molecule has 1 aliphatic heterocycles. The van der Waals surface area contributed by atoms with E-state index in [9.17, 15) is 9.18 Å². The SMILES string of the molecule is COc1ccc(C)c2sc(N(CCCN3CCOCC3)C(=O)Cc3ccc(F)cc3)nc12.Cl. The number of nitrogens with zero attached hydrogens (tertiary/aromatic N) is 3. The second-order valence-electron chi connectivity index (χ2n) is 7.92. The van der Waals surface area contributed by atoms with Crippen LogP contribution in [0, 0.1) is 12.7 Å². The number of hydrogen-bond acceptors (Lipinski definition) is 6. The van der Waals surface area contributed by atoms with Gasteiger partial charge in [0.1, 0.15) is 17.1 Å². The van der Waals surface area contributed by atoms with Crippen LogP contribution in [0.15, 0.2) is 36.4 Å². The van der Waals surface area contributed by atoms with Crippen molar-refractivity contribution < 1.29 is 18.7 Å². The molecule has 0 N–H and O–H groups in total.